The van der Waals surface area contributed by atoms with Gasteiger partial charge in [-0.05, 0) is 56.7 Å². The van der Waals surface area contributed by atoms with E-state index in [1.54, 1.807) is 31.1 Å². The molecule has 2 unspecified atom stereocenters. The third kappa shape index (κ3) is 5.78. The number of aliphatic imine (C=N–C) groups is 1. The molecule has 1 amide bonds. The number of carbonyl (C=O) groups is 2. The normalized spacial score (nSPS) is 21.9. The van der Waals surface area contributed by atoms with Gasteiger partial charge in [-0.2, -0.15) is 13.2 Å². The summed E-state index contributed by atoms with van der Waals surface area (Å²) in [6, 6.07) is 3.89. The van der Waals surface area contributed by atoms with Crippen LogP contribution in [0.5, 0.6) is 0 Å². The van der Waals surface area contributed by atoms with Crippen molar-refractivity contribution >= 4 is 28.8 Å². The number of rotatable bonds is 7. The second-order valence-electron chi connectivity index (χ2n) is 9.08. The summed E-state index contributed by atoms with van der Waals surface area (Å²) in [6.07, 6.45) is -3.02. The summed E-state index contributed by atoms with van der Waals surface area (Å²) in [7, 11) is 0. The predicted octanol–water partition coefficient (Wildman–Crippen LogP) is 4.92. The zero-order valence-corrected chi connectivity index (χ0v) is 21.0. The zero-order chi connectivity index (χ0) is 26.0. The first-order valence-corrected chi connectivity index (χ1v) is 12.6. The standard InChI is InChI=1S/C25H28F3N3O4S/c1-14(2)35-23(33)21-15(3)30-24-31(22(21)16-6-8-17(9-7-16)25(26,27)28)18(13-36-24)11-20(32)29-12-19-5-4-10-34-19/h6-9,13-14,19,22H,4-5,10-12H2,1-3H3,(H,29,32). The Kier molecular flexibility index (Phi) is 7.79. The first-order chi connectivity index (χ1) is 17.0. The summed E-state index contributed by atoms with van der Waals surface area (Å²) < 4.78 is 50.6. The lowest BCUT2D eigenvalue weighted by Gasteiger charge is -2.36. The average molecular weight is 524 g/mol. The minimum Gasteiger partial charge on any atom is -0.459 e. The van der Waals surface area contributed by atoms with E-state index in [2.05, 4.69) is 10.3 Å². The van der Waals surface area contributed by atoms with Gasteiger partial charge in [0, 0.05) is 18.8 Å². The molecule has 0 aliphatic carbocycles. The molecule has 0 radical (unpaired) electrons. The van der Waals surface area contributed by atoms with Gasteiger partial charge in [0.15, 0.2) is 5.17 Å². The Bertz CT molecular complexity index is 1110. The number of amidine groups is 1. The molecule has 0 saturated carbocycles. The summed E-state index contributed by atoms with van der Waals surface area (Å²) in [4.78, 5) is 32.2. The van der Waals surface area contributed by atoms with Crippen LogP contribution >= 0.6 is 11.8 Å². The van der Waals surface area contributed by atoms with E-state index in [1.165, 1.54) is 23.9 Å². The Balaban J connectivity index is 1.63. The van der Waals surface area contributed by atoms with Crippen LogP contribution in [0.3, 0.4) is 0 Å². The minimum atomic E-state index is -4.49. The lowest BCUT2D eigenvalue weighted by molar-refractivity contribution is -0.143. The smallest absolute Gasteiger partial charge is 0.416 e. The fourth-order valence-corrected chi connectivity index (χ4v) is 5.30. The molecule has 0 spiro atoms. The van der Waals surface area contributed by atoms with E-state index in [-0.39, 0.29) is 24.0 Å². The van der Waals surface area contributed by atoms with Gasteiger partial charge in [-0.25, -0.2) is 9.79 Å². The molecule has 1 saturated heterocycles. The number of esters is 1. The molecule has 4 rings (SSSR count). The Morgan fingerprint density at radius 2 is 2.00 bits per heavy atom. The lowest BCUT2D eigenvalue weighted by atomic mass is 9.93. The number of allylic oxidation sites excluding steroid dienone is 1. The largest absolute Gasteiger partial charge is 0.459 e. The molecule has 7 nitrogen and oxygen atoms in total. The quantitative estimate of drug-likeness (QED) is 0.512. The average Bonchev–Trinajstić information content (AvgIpc) is 3.46. The van der Waals surface area contributed by atoms with Crippen LogP contribution in [0.25, 0.3) is 0 Å². The number of fused-ring (bicyclic) bond motifs is 1. The number of nitrogens with one attached hydrogen (secondary N) is 1. The van der Waals surface area contributed by atoms with Gasteiger partial charge in [-0.1, -0.05) is 23.9 Å². The van der Waals surface area contributed by atoms with Crippen molar-refractivity contribution < 1.29 is 32.2 Å². The highest BCUT2D eigenvalue weighted by atomic mass is 32.2. The Morgan fingerprint density at radius 3 is 2.61 bits per heavy atom. The summed E-state index contributed by atoms with van der Waals surface area (Å²) in [6.45, 7) is 6.20. The molecule has 194 valence electrons. The van der Waals surface area contributed by atoms with E-state index < -0.39 is 29.9 Å². The number of ether oxygens (including phenoxy) is 2. The highest BCUT2D eigenvalue weighted by Crippen LogP contribution is 2.45. The molecular weight excluding hydrogens is 495 g/mol. The molecule has 1 fully saturated rings. The highest BCUT2D eigenvalue weighted by Gasteiger charge is 2.42. The summed E-state index contributed by atoms with van der Waals surface area (Å²) in [5.41, 5.74) is 0.902. The molecule has 1 aromatic rings. The molecule has 11 heteroatoms. The van der Waals surface area contributed by atoms with Gasteiger partial charge < -0.3 is 19.7 Å². The van der Waals surface area contributed by atoms with Crippen LogP contribution < -0.4 is 5.32 Å². The monoisotopic (exact) mass is 523 g/mol. The second-order valence-corrected chi connectivity index (χ2v) is 9.92. The van der Waals surface area contributed by atoms with E-state index in [4.69, 9.17) is 9.47 Å². The van der Waals surface area contributed by atoms with Crippen LogP contribution in [0, 0.1) is 0 Å². The first kappa shape index (κ1) is 26.3. The lowest BCUT2D eigenvalue weighted by Crippen LogP contribution is -2.39. The van der Waals surface area contributed by atoms with Gasteiger partial charge in [0.1, 0.15) is 0 Å². The van der Waals surface area contributed by atoms with Crippen LogP contribution in [0.1, 0.15) is 57.2 Å². The van der Waals surface area contributed by atoms with Crippen molar-refractivity contribution in [3.05, 3.63) is 57.8 Å². The van der Waals surface area contributed by atoms with Gasteiger partial charge in [0.05, 0.1) is 41.5 Å². The van der Waals surface area contributed by atoms with Gasteiger partial charge in [-0.3, -0.25) is 4.79 Å². The molecule has 1 aromatic carbocycles. The van der Waals surface area contributed by atoms with Crippen molar-refractivity contribution in [1.82, 2.24) is 10.2 Å². The number of alkyl halides is 3. The maximum atomic E-state index is 13.2. The number of halogens is 3. The van der Waals surface area contributed by atoms with Crippen LogP contribution in [0.2, 0.25) is 0 Å². The number of carbonyl (C=O) groups excluding carboxylic acids is 2. The molecule has 1 N–H and O–H groups in total. The molecule has 3 heterocycles. The third-order valence-corrected chi connectivity index (χ3v) is 6.90. The minimum absolute atomic E-state index is 0.00382. The summed E-state index contributed by atoms with van der Waals surface area (Å²) in [5.74, 6) is -0.823. The van der Waals surface area contributed by atoms with E-state index in [0.29, 0.717) is 35.3 Å². The number of nitrogens with zero attached hydrogens (tertiary/aromatic N) is 2. The van der Waals surface area contributed by atoms with Crippen LogP contribution in [-0.4, -0.2) is 47.3 Å². The molecule has 3 aliphatic rings. The fourth-order valence-electron chi connectivity index (χ4n) is 4.34. The van der Waals surface area contributed by atoms with Gasteiger partial charge >= 0.3 is 12.1 Å². The van der Waals surface area contributed by atoms with E-state index >= 15 is 0 Å². The van der Waals surface area contributed by atoms with Crippen molar-refractivity contribution in [2.45, 2.75) is 64.5 Å². The second kappa shape index (κ2) is 10.7. The number of benzene rings is 1. The predicted molar refractivity (Wildman–Crippen MR) is 130 cm³/mol. The molecule has 2 atom stereocenters. The van der Waals surface area contributed by atoms with Crippen LogP contribution in [0.15, 0.2) is 51.6 Å². The zero-order valence-electron chi connectivity index (χ0n) is 20.2. The Hall–Kier alpha value is -2.79. The SMILES string of the molecule is CC1=C(C(=O)OC(C)C)C(c2ccc(C(F)(F)F)cc2)N2C(CC(=O)NCC3CCCO3)=CSC2=N1. The van der Waals surface area contributed by atoms with Crippen molar-refractivity contribution in [1.29, 1.82) is 0 Å². The van der Waals surface area contributed by atoms with E-state index in [0.717, 1.165) is 25.0 Å². The maximum Gasteiger partial charge on any atom is 0.416 e. The van der Waals surface area contributed by atoms with Crippen LogP contribution in [-0.2, 0) is 25.2 Å². The number of hydrogen-bond acceptors (Lipinski definition) is 7. The maximum absolute atomic E-state index is 13.2. The Labute approximate surface area is 211 Å². The topological polar surface area (TPSA) is 80.2 Å². The van der Waals surface area contributed by atoms with Crippen molar-refractivity contribution in [3.63, 3.8) is 0 Å². The summed E-state index contributed by atoms with van der Waals surface area (Å²) >= 11 is 1.30. The highest BCUT2D eigenvalue weighted by molar-refractivity contribution is 8.16. The third-order valence-electron chi connectivity index (χ3n) is 6.01. The fraction of sp³-hybridized carbons (Fsp3) is 0.480. The van der Waals surface area contributed by atoms with Crippen molar-refractivity contribution in [2.24, 2.45) is 4.99 Å². The molecule has 0 aromatic heterocycles. The van der Waals surface area contributed by atoms with E-state index in [1.807, 2.05) is 0 Å². The van der Waals surface area contributed by atoms with Gasteiger partial charge in [0.2, 0.25) is 5.91 Å². The number of thioether (sulfide) groups is 1. The Morgan fingerprint density at radius 1 is 1.28 bits per heavy atom. The summed E-state index contributed by atoms with van der Waals surface area (Å²) in [5, 5.41) is 5.21. The molecule has 36 heavy (non-hydrogen) atoms. The van der Waals surface area contributed by atoms with Gasteiger partial charge in [-0.15, -0.1) is 0 Å². The molecule has 3 aliphatic heterocycles. The first-order valence-electron chi connectivity index (χ1n) is 11.8. The molecular formula is C25H28F3N3O4S. The number of amides is 1. The van der Waals surface area contributed by atoms with Crippen molar-refractivity contribution in [3.8, 4) is 0 Å². The number of hydrogen-bond donors (Lipinski definition) is 1. The van der Waals surface area contributed by atoms with E-state index in [9.17, 15) is 22.8 Å². The molecule has 0 bridgehead atoms. The van der Waals surface area contributed by atoms with Gasteiger partial charge in [0.25, 0.3) is 0 Å². The van der Waals surface area contributed by atoms with Crippen molar-refractivity contribution in [2.75, 3.05) is 13.2 Å². The van der Waals surface area contributed by atoms with Crippen LogP contribution in [0.4, 0.5) is 13.2 Å².